The molecule has 3 rings (SSSR count). The monoisotopic (exact) mass is 408 g/mol. The van der Waals surface area contributed by atoms with Crippen LogP contribution in [0.5, 0.6) is 11.5 Å². The molecule has 1 heterocycles. The van der Waals surface area contributed by atoms with Gasteiger partial charge in [-0.3, -0.25) is 0 Å². The van der Waals surface area contributed by atoms with Crippen molar-refractivity contribution in [3.63, 3.8) is 0 Å². The van der Waals surface area contributed by atoms with Gasteiger partial charge < -0.3 is 14.0 Å². The van der Waals surface area contributed by atoms with E-state index < -0.39 is 0 Å². The summed E-state index contributed by atoms with van der Waals surface area (Å²) in [4.78, 5) is 4.83. The van der Waals surface area contributed by atoms with Gasteiger partial charge in [0.05, 0.1) is 18.1 Å². The fourth-order valence-corrected chi connectivity index (χ4v) is 3.89. The van der Waals surface area contributed by atoms with Crippen molar-refractivity contribution >= 4 is 11.0 Å². The summed E-state index contributed by atoms with van der Waals surface area (Å²) in [6.45, 7) is 3.74. The first-order valence-electron chi connectivity index (χ1n) is 11.5. The highest BCUT2D eigenvalue weighted by Crippen LogP contribution is 2.21. The van der Waals surface area contributed by atoms with E-state index in [4.69, 9.17) is 14.5 Å². The Labute approximate surface area is 181 Å². The number of fused-ring (bicyclic) bond motifs is 1. The molecule has 0 aliphatic heterocycles. The number of unbranched alkanes of at least 4 members (excludes halogenated alkanes) is 8. The zero-order valence-corrected chi connectivity index (χ0v) is 18.6. The Balaban J connectivity index is 1.52. The second kappa shape index (κ2) is 12.3. The van der Waals surface area contributed by atoms with Crippen molar-refractivity contribution in [2.75, 3.05) is 7.11 Å². The summed E-state index contributed by atoms with van der Waals surface area (Å²) >= 11 is 0. The van der Waals surface area contributed by atoms with Gasteiger partial charge in [0, 0.05) is 6.54 Å². The van der Waals surface area contributed by atoms with Gasteiger partial charge >= 0.3 is 0 Å². The summed E-state index contributed by atoms with van der Waals surface area (Å²) in [7, 11) is 1.67. The number of ether oxygens (including phenoxy) is 2. The summed E-state index contributed by atoms with van der Waals surface area (Å²) in [5, 5.41) is 0. The maximum absolute atomic E-state index is 6.01. The molecule has 0 spiro atoms. The van der Waals surface area contributed by atoms with Crippen LogP contribution in [-0.4, -0.2) is 16.7 Å². The van der Waals surface area contributed by atoms with E-state index in [1.165, 1.54) is 63.3 Å². The van der Waals surface area contributed by atoms with Crippen LogP contribution in [0.4, 0.5) is 0 Å². The van der Waals surface area contributed by atoms with Crippen LogP contribution in [0.15, 0.2) is 48.5 Å². The van der Waals surface area contributed by atoms with Gasteiger partial charge in [-0.2, -0.15) is 0 Å². The molecule has 30 heavy (non-hydrogen) atoms. The molecular formula is C26H36N2O2. The van der Waals surface area contributed by atoms with Gasteiger partial charge in [-0.15, -0.1) is 0 Å². The molecular weight excluding hydrogens is 372 g/mol. The van der Waals surface area contributed by atoms with Crippen molar-refractivity contribution in [3.8, 4) is 11.5 Å². The number of imidazole rings is 1. The predicted octanol–water partition coefficient (Wildman–Crippen LogP) is 7.15. The number of hydrogen-bond donors (Lipinski definition) is 0. The van der Waals surface area contributed by atoms with Crippen LogP contribution >= 0.6 is 0 Å². The van der Waals surface area contributed by atoms with Gasteiger partial charge in [0.2, 0.25) is 0 Å². The Morgan fingerprint density at radius 3 is 2.10 bits per heavy atom. The first-order valence-corrected chi connectivity index (χ1v) is 11.5. The number of methoxy groups -OCH3 is 1. The highest BCUT2D eigenvalue weighted by atomic mass is 16.5. The zero-order chi connectivity index (χ0) is 21.0. The van der Waals surface area contributed by atoms with Crippen LogP contribution < -0.4 is 9.47 Å². The molecule has 0 unspecified atom stereocenters. The lowest BCUT2D eigenvalue weighted by molar-refractivity contribution is 0.289. The SMILES string of the molecule is CCCCCCCCCCCn1c(COc2ccc(OC)cc2)nc2ccccc21. The van der Waals surface area contributed by atoms with E-state index in [1.807, 2.05) is 30.3 Å². The molecule has 4 heteroatoms. The summed E-state index contributed by atoms with van der Waals surface area (Å²) in [5.74, 6) is 2.66. The maximum atomic E-state index is 6.01. The molecule has 0 bridgehead atoms. The third-order valence-electron chi connectivity index (χ3n) is 5.65. The molecule has 1 aromatic heterocycles. The third-order valence-corrected chi connectivity index (χ3v) is 5.65. The fourth-order valence-electron chi connectivity index (χ4n) is 3.89. The van der Waals surface area contributed by atoms with E-state index in [0.29, 0.717) is 6.61 Å². The molecule has 0 radical (unpaired) electrons. The molecule has 0 amide bonds. The van der Waals surface area contributed by atoms with Crippen LogP contribution in [0.2, 0.25) is 0 Å². The Kier molecular flexibility index (Phi) is 9.07. The Morgan fingerprint density at radius 1 is 0.767 bits per heavy atom. The topological polar surface area (TPSA) is 36.3 Å². The highest BCUT2D eigenvalue weighted by molar-refractivity contribution is 5.75. The van der Waals surface area contributed by atoms with Gasteiger partial charge in [0.15, 0.2) is 0 Å². The van der Waals surface area contributed by atoms with Gasteiger partial charge in [-0.05, 0) is 42.8 Å². The van der Waals surface area contributed by atoms with Crippen molar-refractivity contribution in [2.24, 2.45) is 0 Å². The molecule has 4 nitrogen and oxygen atoms in total. The average molecular weight is 409 g/mol. The largest absolute Gasteiger partial charge is 0.497 e. The van der Waals surface area contributed by atoms with E-state index in [2.05, 4.69) is 29.7 Å². The van der Waals surface area contributed by atoms with Crippen LogP contribution in [0.3, 0.4) is 0 Å². The third kappa shape index (κ3) is 6.51. The average Bonchev–Trinajstić information content (AvgIpc) is 3.14. The van der Waals surface area contributed by atoms with Crippen molar-refractivity contribution in [1.29, 1.82) is 0 Å². The Bertz CT molecular complexity index is 870. The molecule has 0 saturated heterocycles. The number of hydrogen-bond acceptors (Lipinski definition) is 3. The normalized spacial score (nSPS) is 11.1. The van der Waals surface area contributed by atoms with Gasteiger partial charge in [-0.25, -0.2) is 4.98 Å². The standard InChI is InChI=1S/C26H36N2O2/c1-3-4-5-6-7-8-9-10-13-20-28-25-15-12-11-14-24(25)27-26(28)21-30-23-18-16-22(29-2)17-19-23/h11-12,14-19H,3-10,13,20-21H2,1-2H3. The molecule has 162 valence electrons. The predicted molar refractivity (Wildman–Crippen MR) is 124 cm³/mol. The second-order valence-electron chi connectivity index (χ2n) is 7.96. The van der Waals surface area contributed by atoms with E-state index >= 15 is 0 Å². The minimum absolute atomic E-state index is 0.471. The highest BCUT2D eigenvalue weighted by Gasteiger charge is 2.11. The van der Waals surface area contributed by atoms with Gasteiger partial charge in [-0.1, -0.05) is 70.4 Å². The smallest absolute Gasteiger partial charge is 0.147 e. The van der Waals surface area contributed by atoms with Crippen molar-refractivity contribution in [3.05, 3.63) is 54.4 Å². The van der Waals surface area contributed by atoms with E-state index in [1.54, 1.807) is 7.11 Å². The number of nitrogens with zero attached hydrogens (tertiary/aromatic N) is 2. The minimum atomic E-state index is 0.471. The fraction of sp³-hybridized carbons (Fsp3) is 0.500. The number of aryl methyl sites for hydroxylation is 1. The summed E-state index contributed by atoms with van der Waals surface area (Å²) in [6, 6.07) is 16.1. The number of rotatable bonds is 14. The molecule has 0 fully saturated rings. The van der Waals surface area contributed by atoms with E-state index in [-0.39, 0.29) is 0 Å². The summed E-state index contributed by atoms with van der Waals surface area (Å²) < 4.78 is 13.6. The molecule has 2 aromatic carbocycles. The van der Waals surface area contributed by atoms with Crippen molar-refractivity contribution in [2.45, 2.75) is 77.9 Å². The molecule has 0 atom stereocenters. The van der Waals surface area contributed by atoms with Gasteiger partial charge in [0.25, 0.3) is 0 Å². The molecule has 0 N–H and O–H groups in total. The van der Waals surface area contributed by atoms with Gasteiger partial charge in [0.1, 0.15) is 23.9 Å². The number of para-hydroxylation sites is 2. The molecule has 0 aliphatic rings. The number of aromatic nitrogens is 2. The minimum Gasteiger partial charge on any atom is -0.497 e. The van der Waals surface area contributed by atoms with Crippen molar-refractivity contribution < 1.29 is 9.47 Å². The zero-order valence-electron chi connectivity index (χ0n) is 18.6. The molecule has 0 saturated carbocycles. The first-order chi connectivity index (χ1) is 14.8. The summed E-state index contributed by atoms with van der Waals surface area (Å²) in [5.41, 5.74) is 2.24. The quantitative estimate of drug-likeness (QED) is 0.266. The van der Waals surface area contributed by atoms with Crippen LogP contribution in [0, 0.1) is 0 Å². The Morgan fingerprint density at radius 2 is 1.40 bits per heavy atom. The van der Waals surface area contributed by atoms with E-state index in [9.17, 15) is 0 Å². The first kappa shape index (κ1) is 22.2. The van der Waals surface area contributed by atoms with Crippen LogP contribution in [0.1, 0.15) is 70.5 Å². The maximum Gasteiger partial charge on any atom is 0.147 e. The molecule has 3 aromatic rings. The van der Waals surface area contributed by atoms with Crippen LogP contribution in [0.25, 0.3) is 11.0 Å². The molecule has 0 aliphatic carbocycles. The lowest BCUT2D eigenvalue weighted by Gasteiger charge is -2.11. The Hall–Kier alpha value is -2.49. The lowest BCUT2D eigenvalue weighted by atomic mass is 10.1. The second-order valence-corrected chi connectivity index (χ2v) is 7.96. The lowest BCUT2D eigenvalue weighted by Crippen LogP contribution is -2.07. The summed E-state index contributed by atoms with van der Waals surface area (Å²) in [6.07, 6.45) is 12.0. The van der Waals surface area contributed by atoms with Crippen LogP contribution in [-0.2, 0) is 13.2 Å². The number of benzene rings is 2. The van der Waals surface area contributed by atoms with E-state index in [0.717, 1.165) is 29.4 Å². The van der Waals surface area contributed by atoms with Crippen molar-refractivity contribution in [1.82, 2.24) is 9.55 Å².